The second-order valence-corrected chi connectivity index (χ2v) is 7.78. The second-order valence-electron chi connectivity index (χ2n) is 7.78. The first-order chi connectivity index (χ1) is 14.6. The van der Waals surface area contributed by atoms with Gasteiger partial charge in [-0.05, 0) is 55.2 Å². The summed E-state index contributed by atoms with van der Waals surface area (Å²) in [6.07, 6.45) is 8.39. The molecule has 4 heteroatoms. The highest BCUT2D eigenvalue weighted by molar-refractivity contribution is 5.65. The number of hydrogen-bond donors (Lipinski definition) is 0. The van der Waals surface area contributed by atoms with Gasteiger partial charge in [0.1, 0.15) is 12.4 Å². The van der Waals surface area contributed by atoms with Crippen LogP contribution in [0.3, 0.4) is 0 Å². The third-order valence-corrected chi connectivity index (χ3v) is 4.97. The lowest BCUT2D eigenvalue weighted by Gasteiger charge is -2.14. The zero-order valence-corrected chi connectivity index (χ0v) is 18.8. The van der Waals surface area contributed by atoms with Crippen molar-refractivity contribution in [3.05, 3.63) is 48.3 Å². The zero-order valence-electron chi connectivity index (χ0n) is 18.8. The summed E-state index contributed by atoms with van der Waals surface area (Å²) in [6.45, 7) is 7.98. The van der Waals surface area contributed by atoms with Crippen molar-refractivity contribution in [2.45, 2.75) is 71.8 Å². The van der Waals surface area contributed by atoms with Gasteiger partial charge < -0.3 is 14.2 Å². The molecule has 2 aromatic rings. The van der Waals surface area contributed by atoms with Crippen LogP contribution in [-0.4, -0.2) is 25.9 Å². The first kappa shape index (κ1) is 24.2. The van der Waals surface area contributed by atoms with Gasteiger partial charge in [0.05, 0.1) is 12.7 Å². The molecular formula is C26H37FO3. The number of ether oxygens (including phenoxy) is 3. The first-order valence-electron chi connectivity index (χ1n) is 11.4. The molecule has 0 saturated heterocycles. The van der Waals surface area contributed by atoms with Crippen LogP contribution in [0.25, 0.3) is 11.1 Å². The van der Waals surface area contributed by atoms with Crippen LogP contribution >= 0.6 is 0 Å². The fourth-order valence-corrected chi connectivity index (χ4v) is 3.19. The average molecular weight is 417 g/mol. The topological polar surface area (TPSA) is 27.7 Å². The molecule has 0 spiro atoms. The Morgan fingerprint density at radius 2 is 1.47 bits per heavy atom. The van der Waals surface area contributed by atoms with Gasteiger partial charge in [0, 0.05) is 6.61 Å². The molecule has 0 amide bonds. The number of benzene rings is 2. The highest BCUT2D eigenvalue weighted by Crippen LogP contribution is 2.27. The Kier molecular flexibility index (Phi) is 11.3. The van der Waals surface area contributed by atoms with Gasteiger partial charge in [0.25, 0.3) is 0 Å². The van der Waals surface area contributed by atoms with E-state index in [1.165, 1.54) is 38.2 Å². The summed E-state index contributed by atoms with van der Waals surface area (Å²) in [6, 6.07) is 12.9. The van der Waals surface area contributed by atoms with Gasteiger partial charge in [-0.25, -0.2) is 4.39 Å². The Hall–Kier alpha value is -2.07. The summed E-state index contributed by atoms with van der Waals surface area (Å²) in [5.74, 6) is 0.747. The smallest absolute Gasteiger partial charge is 0.165 e. The molecule has 2 aromatic carbocycles. The quantitative estimate of drug-likeness (QED) is 0.283. The molecule has 30 heavy (non-hydrogen) atoms. The van der Waals surface area contributed by atoms with Crippen LogP contribution in [0, 0.1) is 5.82 Å². The van der Waals surface area contributed by atoms with E-state index >= 15 is 0 Å². The lowest BCUT2D eigenvalue weighted by molar-refractivity contribution is 0.0318. The van der Waals surface area contributed by atoms with Crippen molar-refractivity contribution in [3.63, 3.8) is 0 Å². The van der Waals surface area contributed by atoms with E-state index in [9.17, 15) is 4.39 Å². The van der Waals surface area contributed by atoms with Gasteiger partial charge in [-0.15, -0.1) is 0 Å². The molecule has 1 unspecified atom stereocenters. The third-order valence-electron chi connectivity index (χ3n) is 4.97. The Morgan fingerprint density at radius 1 is 0.767 bits per heavy atom. The fourth-order valence-electron chi connectivity index (χ4n) is 3.19. The standard InChI is InChI=1S/C26H37FO3/c1-4-6-7-8-9-10-18-29-24-14-11-22(12-15-24)23-13-16-26(25(27)19-23)30-20-21(3)28-17-5-2/h11-16,19,21H,4-10,17-18,20H2,1-3H3. The van der Waals surface area contributed by atoms with Gasteiger partial charge in [-0.1, -0.05) is 64.2 Å². The van der Waals surface area contributed by atoms with Crippen LogP contribution in [0.4, 0.5) is 4.39 Å². The van der Waals surface area contributed by atoms with Gasteiger partial charge >= 0.3 is 0 Å². The lowest BCUT2D eigenvalue weighted by atomic mass is 10.1. The molecule has 0 fully saturated rings. The van der Waals surface area contributed by atoms with Gasteiger partial charge in [-0.3, -0.25) is 0 Å². The average Bonchev–Trinajstić information content (AvgIpc) is 2.76. The molecule has 3 nitrogen and oxygen atoms in total. The molecule has 0 aliphatic carbocycles. The number of rotatable bonds is 15. The minimum Gasteiger partial charge on any atom is -0.494 e. The van der Waals surface area contributed by atoms with E-state index in [0.717, 1.165) is 36.3 Å². The van der Waals surface area contributed by atoms with Crippen LogP contribution in [0.1, 0.15) is 65.7 Å². The van der Waals surface area contributed by atoms with E-state index in [1.54, 1.807) is 6.07 Å². The summed E-state index contributed by atoms with van der Waals surface area (Å²) < 4.78 is 31.4. The molecule has 0 saturated carbocycles. The van der Waals surface area contributed by atoms with E-state index < -0.39 is 0 Å². The Bertz CT molecular complexity index is 715. The Balaban J connectivity index is 1.80. The number of hydrogen-bond acceptors (Lipinski definition) is 3. The normalized spacial score (nSPS) is 12.0. The minimum atomic E-state index is -0.362. The van der Waals surface area contributed by atoms with Crippen LogP contribution in [-0.2, 0) is 4.74 Å². The van der Waals surface area contributed by atoms with E-state index in [2.05, 4.69) is 13.8 Å². The van der Waals surface area contributed by atoms with Crippen molar-refractivity contribution in [2.75, 3.05) is 19.8 Å². The van der Waals surface area contributed by atoms with Crippen molar-refractivity contribution in [3.8, 4) is 22.6 Å². The van der Waals surface area contributed by atoms with Crippen molar-refractivity contribution in [1.29, 1.82) is 0 Å². The first-order valence-corrected chi connectivity index (χ1v) is 11.4. The largest absolute Gasteiger partial charge is 0.494 e. The van der Waals surface area contributed by atoms with Crippen LogP contribution in [0.15, 0.2) is 42.5 Å². The minimum absolute atomic E-state index is 0.0621. The number of unbranched alkanes of at least 4 members (excludes halogenated alkanes) is 5. The maximum atomic E-state index is 14.4. The van der Waals surface area contributed by atoms with Gasteiger partial charge in [-0.2, -0.15) is 0 Å². The molecule has 0 aromatic heterocycles. The summed E-state index contributed by atoms with van der Waals surface area (Å²) in [7, 11) is 0. The second kappa shape index (κ2) is 14.0. The molecule has 166 valence electrons. The Morgan fingerprint density at radius 3 is 2.17 bits per heavy atom. The van der Waals surface area contributed by atoms with E-state index in [0.29, 0.717) is 13.2 Å². The van der Waals surface area contributed by atoms with E-state index in [4.69, 9.17) is 14.2 Å². The van der Waals surface area contributed by atoms with Crippen molar-refractivity contribution in [2.24, 2.45) is 0 Å². The Labute approximate surface area is 181 Å². The molecule has 0 radical (unpaired) electrons. The molecule has 2 rings (SSSR count). The van der Waals surface area contributed by atoms with Crippen molar-refractivity contribution < 1.29 is 18.6 Å². The molecule has 0 heterocycles. The summed E-state index contributed by atoms with van der Waals surface area (Å²) in [5, 5.41) is 0. The van der Waals surface area contributed by atoms with Crippen molar-refractivity contribution in [1.82, 2.24) is 0 Å². The maximum absolute atomic E-state index is 14.4. The van der Waals surface area contributed by atoms with Gasteiger partial charge in [0.2, 0.25) is 0 Å². The highest BCUT2D eigenvalue weighted by Gasteiger charge is 2.09. The molecule has 0 bridgehead atoms. The summed E-state index contributed by atoms with van der Waals surface area (Å²) in [4.78, 5) is 0. The van der Waals surface area contributed by atoms with Crippen LogP contribution in [0.5, 0.6) is 11.5 Å². The molecule has 0 aliphatic heterocycles. The summed E-state index contributed by atoms with van der Waals surface area (Å²) >= 11 is 0. The molecule has 1 atom stereocenters. The molecular weight excluding hydrogens is 379 g/mol. The predicted octanol–water partition coefficient (Wildman–Crippen LogP) is 7.43. The monoisotopic (exact) mass is 416 g/mol. The van der Waals surface area contributed by atoms with Crippen LogP contribution in [0.2, 0.25) is 0 Å². The van der Waals surface area contributed by atoms with Crippen LogP contribution < -0.4 is 9.47 Å². The molecule has 0 aliphatic rings. The van der Waals surface area contributed by atoms with Gasteiger partial charge in [0.15, 0.2) is 11.6 Å². The SMILES string of the molecule is CCCCCCCCOc1ccc(-c2ccc(OCC(C)OCCC)c(F)c2)cc1. The fraction of sp³-hybridized carbons (Fsp3) is 0.538. The van der Waals surface area contributed by atoms with E-state index in [-0.39, 0.29) is 17.7 Å². The summed E-state index contributed by atoms with van der Waals surface area (Å²) in [5.41, 5.74) is 1.77. The number of halogens is 1. The maximum Gasteiger partial charge on any atom is 0.165 e. The lowest BCUT2D eigenvalue weighted by Crippen LogP contribution is -2.18. The molecule has 0 N–H and O–H groups in total. The highest BCUT2D eigenvalue weighted by atomic mass is 19.1. The van der Waals surface area contributed by atoms with E-state index in [1.807, 2.05) is 37.3 Å². The van der Waals surface area contributed by atoms with Crippen molar-refractivity contribution >= 4 is 0 Å². The zero-order chi connectivity index (χ0) is 21.6. The third kappa shape index (κ3) is 8.74. The predicted molar refractivity (Wildman–Crippen MR) is 122 cm³/mol.